The van der Waals surface area contributed by atoms with Gasteiger partial charge < -0.3 is 18.8 Å². The van der Waals surface area contributed by atoms with Gasteiger partial charge in [0.05, 0.1) is 27.5 Å². The van der Waals surface area contributed by atoms with Gasteiger partial charge in [-0.1, -0.05) is 206 Å². The van der Waals surface area contributed by atoms with Crippen molar-refractivity contribution in [3.8, 4) is 45.1 Å². The summed E-state index contributed by atoms with van der Waals surface area (Å²) >= 11 is 0. The number of anilines is 3. The first kappa shape index (κ1) is 43.2. The maximum atomic E-state index is 7.73. The Balaban J connectivity index is 1.02. The fourth-order valence-electron chi connectivity index (χ4n) is 14.0. The van der Waals surface area contributed by atoms with Crippen LogP contribution in [0.15, 0.2) is 279 Å². The largest absolute Gasteiger partial charge is 0.458 e. The molecule has 4 heterocycles. The lowest BCUT2D eigenvalue weighted by Gasteiger charge is -2.42. The molecule has 362 valence electrons. The lowest BCUT2D eigenvalue weighted by atomic mass is 9.34. The number of benzene rings is 12. The summed E-state index contributed by atoms with van der Waals surface area (Å²) in [5.74, 6) is 1.73. The van der Waals surface area contributed by atoms with Gasteiger partial charge in [0.1, 0.15) is 11.5 Å². The number of para-hydroxylation sites is 4. The zero-order valence-electron chi connectivity index (χ0n) is 42.4. The van der Waals surface area contributed by atoms with Crippen molar-refractivity contribution >= 4 is 83.8 Å². The molecule has 0 saturated heterocycles. The van der Waals surface area contributed by atoms with Gasteiger partial charge >= 0.3 is 0 Å². The number of rotatable bonds is 6. The van der Waals surface area contributed by atoms with Gasteiger partial charge in [-0.05, 0) is 128 Å². The van der Waals surface area contributed by atoms with Crippen molar-refractivity contribution in [2.75, 3.05) is 4.90 Å². The molecule has 0 fully saturated rings. The quantitative estimate of drug-likeness (QED) is 0.155. The van der Waals surface area contributed by atoms with Crippen molar-refractivity contribution in [3.05, 3.63) is 301 Å². The molecule has 12 aromatic carbocycles. The Labute approximate surface area is 452 Å². The minimum Gasteiger partial charge on any atom is -0.458 e. The van der Waals surface area contributed by atoms with Crippen LogP contribution in [0.1, 0.15) is 22.3 Å². The molecule has 78 heavy (non-hydrogen) atoms. The molecule has 0 saturated carbocycles. The summed E-state index contributed by atoms with van der Waals surface area (Å²) in [6.07, 6.45) is 0. The Morgan fingerprint density at radius 1 is 0.321 bits per heavy atom. The molecule has 4 nitrogen and oxygen atoms in total. The van der Waals surface area contributed by atoms with E-state index in [1.54, 1.807) is 0 Å². The van der Waals surface area contributed by atoms with Crippen molar-refractivity contribution in [2.45, 2.75) is 5.41 Å². The minimum absolute atomic E-state index is 0.190. The smallest absolute Gasteiger partial charge is 0.256 e. The Morgan fingerprint density at radius 3 is 1.44 bits per heavy atom. The molecule has 0 N–H and O–H groups in total. The maximum absolute atomic E-state index is 7.73. The topological polar surface area (TPSA) is 22.3 Å². The number of fused-ring (bicyclic) bond motifs is 13. The summed E-state index contributed by atoms with van der Waals surface area (Å²) in [4.78, 5) is 2.55. The van der Waals surface area contributed by atoms with E-state index in [9.17, 15) is 0 Å². The van der Waals surface area contributed by atoms with Gasteiger partial charge in [-0.3, -0.25) is 0 Å². The predicted octanol–water partition coefficient (Wildman–Crippen LogP) is 16.3. The molecular formula is C73H46BN3O. The second-order valence-electron chi connectivity index (χ2n) is 21.1. The molecule has 2 aliphatic heterocycles. The molecule has 0 amide bonds. The van der Waals surface area contributed by atoms with E-state index in [0.29, 0.717) is 0 Å². The third kappa shape index (κ3) is 5.96. The molecule has 0 spiro atoms. The van der Waals surface area contributed by atoms with Crippen LogP contribution >= 0.6 is 0 Å². The summed E-state index contributed by atoms with van der Waals surface area (Å²) in [5, 5.41) is 4.84. The van der Waals surface area contributed by atoms with Crippen LogP contribution in [0.2, 0.25) is 0 Å². The monoisotopic (exact) mass is 991 g/mol. The van der Waals surface area contributed by atoms with Crippen molar-refractivity contribution in [1.82, 2.24) is 9.13 Å². The molecule has 0 atom stereocenters. The number of ether oxygens (including phenoxy) is 1. The van der Waals surface area contributed by atoms with E-state index >= 15 is 0 Å². The first-order valence-corrected chi connectivity index (χ1v) is 27.0. The lowest BCUT2D eigenvalue weighted by molar-refractivity contribution is 0.486. The highest BCUT2D eigenvalue weighted by Gasteiger charge is 2.49. The van der Waals surface area contributed by atoms with Gasteiger partial charge in [0, 0.05) is 56.0 Å². The molecule has 17 rings (SSSR count). The summed E-state index contributed by atoms with van der Waals surface area (Å²) in [6.45, 7) is -0.190. The number of hydrogen-bond donors (Lipinski definition) is 0. The fourth-order valence-corrected chi connectivity index (χ4v) is 14.0. The Kier molecular flexibility index (Phi) is 9.11. The number of nitrogens with zero attached hydrogens (tertiary/aromatic N) is 3. The Hall–Kier alpha value is -10.1. The van der Waals surface area contributed by atoms with E-state index in [-0.39, 0.29) is 6.71 Å². The molecule has 1 aliphatic carbocycles. The fraction of sp³-hybridized carbons (Fsp3) is 0.0137. The average molecular weight is 992 g/mol. The van der Waals surface area contributed by atoms with Crippen LogP contribution < -0.4 is 26.0 Å². The first-order chi connectivity index (χ1) is 38.7. The van der Waals surface area contributed by atoms with Gasteiger partial charge in [0.2, 0.25) is 0 Å². The van der Waals surface area contributed by atoms with E-state index in [1.807, 2.05) is 0 Å². The molecule has 2 aromatic heterocycles. The maximum Gasteiger partial charge on any atom is 0.256 e. The Bertz CT molecular complexity index is 4710. The van der Waals surface area contributed by atoms with Crippen LogP contribution in [-0.2, 0) is 5.41 Å². The summed E-state index contributed by atoms with van der Waals surface area (Å²) in [7, 11) is 0. The van der Waals surface area contributed by atoms with Crippen molar-refractivity contribution < 1.29 is 4.74 Å². The lowest BCUT2D eigenvalue weighted by Crippen LogP contribution is -2.59. The standard InChI is InChI=1S/C73H46BN3O/c1-5-21-47(22-6-1)48-37-39-53(40-38-48)77-68-45-66-58(56-31-15-19-35-64(56)75(66)51-25-9-3-10-26-51)43-62(68)74-63-44-59-57-32-16-20-36-65(57)76(52-27-11-4-12-28-52)67(59)46-70(63)78-71-42-50(41-69(77)72(71)74)73(49-23-7-2-8-24-49)60-33-17-13-29-54(60)55-30-14-18-34-61(55)73/h1-46H. The molecule has 5 heteroatoms. The predicted molar refractivity (Wildman–Crippen MR) is 324 cm³/mol. The van der Waals surface area contributed by atoms with Crippen LogP contribution in [0, 0.1) is 0 Å². The van der Waals surface area contributed by atoms with Gasteiger partial charge in [0.25, 0.3) is 6.71 Å². The van der Waals surface area contributed by atoms with E-state index in [1.165, 1.54) is 71.5 Å². The molecule has 3 aliphatic rings. The van der Waals surface area contributed by atoms with Crippen LogP contribution in [0.4, 0.5) is 17.1 Å². The molecule has 0 unspecified atom stereocenters. The molecule has 0 bridgehead atoms. The second-order valence-corrected chi connectivity index (χ2v) is 21.1. The molecular weight excluding hydrogens is 946 g/mol. The highest BCUT2D eigenvalue weighted by atomic mass is 16.5. The van der Waals surface area contributed by atoms with E-state index in [2.05, 4.69) is 293 Å². The summed E-state index contributed by atoms with van der Waals surface area (Å²) in [6, 6.07) is 103. The third-order valence-corrected chi connectivity index (χ3v) is 17.2. The average Bonchev–Trinajstić information content (AvgIpc) is 3.43. The van der Waals surface area contributed by atoms with Crippen LogP contribution in [0.5, 0.6) is 11.5 Å². The van der Waals surface area contributed by atoms with Gasteiger partial charge in [-0.25, -0.2) is 0 Å². The van der Waals surface area contributed by atoms with Crippen LogP contribution in [0.25, 0.3) is 77.2 Å². The van der Waals surface area contributed by atoms with E-state index in [4.69, 9.17) is 4.74 Å². The van der Waals surface area contributed by atoms with Crippen LogP contribution in [-0.4, -0.2) is 15.8 Å². The second kappa shape index (κ2) is 16.5. The van der Waals surface area contributed by atoms with Gasteiger partial charge in [-0.15, -0.1) is 0 Å². The highest BCUT2D eigenvalue weighted by molar-refractivity contribution is 6.99. The number of aromatic nitrogens is 2. The summed E-state index contributed by atoms with van der Waals surface area (Å²) in [5.41, 5.74) is 22.7. The summed E-state index contributed by atoms with van der Waals surface area (Å²) < 4.78 is 12.6. The Morgan fingerprint density at radius 2 is 0.821 bits per heavy atom. The minimum atomic E-state index is -0.685. The van der Waals surface area contributed by atoms with Crippen molar-refractivity contribution in [1.29, 1.82) is 0 Å². The molecule has 0 radical (unpaired) electrons. The van der Waals surface area contributed by atoms with Gasteiger partial charge in [0.15, 0.2) is 0 Å². The van der Waals surface area contributed by atoms with Gasteiger partial charge in [-0.2, -0.15) is 0 Å². The van der Waals surface area contributed by atoms with Crippen molar-refractivity contribution in [2.24, 2.45) is 0 Å². The highest BCUT2D eigenvalue weighted by Crippen LogP contribution is 2.58. The van der Waals surface area contributed by atoms with E-state index in [0.717, 1.165) is 73.0 Å². The van der Waals surface area contributed by atoms with Crippen molar-refractivity contribution in [3.63, 3.8) is 0 Å². The van der Waals surface area contributed by atoms with Crippen LogP contribution in [0.3, 0.4) is 0 Å². The number of hydrogen-bond acceptors (Lipinski definition) is 2. The zero-order chi connectivity index (χ0) is 51.1. The normalized spacial score (nSPS) is 13.5. The third-order valence-electron chi connectivity index (χ3n) is 17.2. The SMILES string of the molecule is c1ccc(-c2ccc(N3c4cc5c(cc4B4c6cc7c8ccccc8n(-c8ccccc8)c7cc6Oc6cc(C7(c8ccccc8)c8ccccc8-c8ccccc87)cc3c64)c3ccccc3n5-c3ccccc3)cc2)cc1. The zero-order valence-corrected chi connectivity index (χ0v) is 42.4. The first-order valence-electron chi connectivity index (χ1n) is 27.0. The molecule has 14 aromatic rings. The van der Waals surface area contributed by atoms with E-state index < -0.39 is 5.41 Å².